The van der Waals surface area contributed by atoms with Gasteiger partial charge in [-0.05, 0) is 50.2 Å². The number of hydrogen-bond acceptors (Lipinski definition) is 4. The largest absolute Gasteiger partial charge is 0.302 e. The Balaban J connectivity index is 1.85. The fourth-order valence-corrected chi connectivity index (χ4v) is 3.91. The summed E-state index contributed by atoms with van der Waals surface area (Å²) in [5, 5.41) is 8.94. The Hall–Kier alpha value is -2.20. The summed E-state index contributed by atoms with van der Waals surface area (Å²) in [6.45, 7) is 3.70. The van der Waals surface area contributed by atoms with Crippen molar-refractivity contribution in [3.63, 3.8) is 0 Å². The zero-order chi connectivity index (χ0) is 18.3. The maximum absolute atomic E-state index is 12.4. The van der Waals surface area contributed by atoms with Crippen LogP contribution < -0.4 is 4.72 Å². The molecule has 2 aromatic rings. The van der Waals surface area contributed by atoms with E-state index in [4.69, 9.17) is 5.26 Å². The number of aryl methyl sites for hydroxylation is 1. The summed E-state index contributed by atoms with van der Waals surface area (Å²) in [6, 6.07) is 16.8. The normalized spacial score (nSPS) is 11.4. The lowest BCUT2D eigenvalue weighted by molar-refractivity contribution is 0.322. The van der Waals surface area contributed by atoms with Crippen molar-refractivity contribution < 1.29 is 8.42 Å². The number of nitrogens with one attached hydrogen (secondary N) is 1. The maximum atomic E-state index is 12.4. The number of nitriles is 1. The molecule has 0 aliphatic rings. The third-order valence-corrected chi connectivity index (χ3v) is 5.51. The van der Waals surface area contributed by atoms with Gasteiger partial charge < -0.3 is 4.90 Å². The number of hydrogen-bond donors (Lipinski definition) is 1. The van der Waals surface area contributed by atoms with Crippen molar-refractivity contribution in [3.05, 3.63) is 65.2 Å². The van der Waals surface area contributed by atoms with Gasteiger partial charge in [0, 0.05) is 13.1 Å². The van der Waals surface area contributed by atoms with Crippen LogP contribution >= 0.6 is 0 Å². The molecule has 0 aromatic heterocycles. The predicted molar refractivity (Wildman–Crippen MR) is 98.5 cm³/mol. The molecule has 0 fully saturated rings. The summed E-state index contributed by atoms with van der Waals surface area (Å²) in [4.78, 5) is 2.33. The second-order valence-electron chi connectivity index (χ2n) is 6.07. The Morgan fingerprint density at radius 2 is 1.88 bits per heavy atom. The molecule has 0 heterocycles. The van der Waals surface area contributed by atoms with E-state index in [0.717, 1.165) is 13.1 Å². The standard InChI is InChI=1S/C19H23N3O2S/c1-16-9-10-18(14-20)13-19(16)25(23,24)21-11-6-12-22(2)15-17-7-4-3-5-8-17/h3-5,7-10,13,21H,6,11-12,15H2,1-2H3. The molecular formula is C19H23N3O2S. The summed E-state index contributed by atoms with van der Waals surface area (Å²) < 4.78 is 27.5. The molecule has 2 rings (SSSR count). The zero-order valence-electron chi connectivity index (χ0n) is 14.6. The Kier molecular flexibility index (Phi) is 6.71. The van der Waals surface area contributed by atoms with Gasteiger partial charge in [-0.25, -0.2) is 13.1 Å². The average molecular weight is 357 g/mol. The van der Waals surface area contributed by atoms with Crippen LogP contribution in [0.15, 0.2) is 53.4 Å². The molecule has 1 N–H and O–H groups in total. The van der Waals surface area contributed by atoms with Crippen molar-refractivity contribution in [2.45, 2.75) is 24.8 Å². The Bertz CT molecular complexity index is 843. The van der Waals surface area contributed by atoms with Gasteiger partial charge in [0.2, 0.25) is 10.0 Å². The van der Waals surface area contributed by atoms with Gasteiger partial charge in [0.05, 0.1) is 16.5 Å². The Labute approximate surface area is 150 Å². The highest BCUT2D eigenvalue weighted by Crippen LogP contribution is 2.16. The molecule has 0 amide bonds. The van der Waals surface area contributed by atoms with Crippen molar-refractivity contribution >= 4 is 10.0 Å². The molecule has 0 saturated carbocycles. The lowest BCUT2D eigenvalue weighted by Gasteiger charge is -2.17. The Morgan fingerprint density at radius 1 is 1.16 bits per heavy atom. The molecule has 5 nitrogen and oxygen atoms in total. The van der Waals surface area contributed by atoms with Crippen molar-refractivity contribution in [1.82, 2.24) is 9.62 Å². The van der Waals surface area contributed by atoms with Gasteiger partial charge in [-0.3, -0.25) is 0 Å². The van der Waals surface area contributed by atoms with E-state index in [1.807, 2.05) is 31.3 Å². The van der Waals surface area contributed by atoms with Gasteiger partial charge in [0.1, 0.15) is 0 Å². The summed E-state index contributed by atoms with van der Waals surface area (Å²) in [5.41, 5.74) is 2.20. The molecule has 25 heavy (non-hydrogen) atoms. The van der Waals surface area contributed by atoms with Crippen LogP contribution in [0.3, 0.4) is 0 Å². The molecule has 6 heteroatoms. The molecular weight excluding hydrogens is 334 g/mol. The molecule has 0 spiro atoms. The van der Waals surface area contributed by atoms with Crippen LogP contribution in [-0.4, -0.2) is 33.5 Å². The number of sulfonamides is 1. The summed E-state index contributed by atoms with van der Waals surface area (Å²) in [5.74, 6) is 0. The first-order valence-corrected chi connectivity index (χ1v) is 9.63. The smallest absolute Gasteiger partial charge is 0.240 e. The maximum Gasteiger partial charge on any atom is 0.240 e. The van der Waals surface area contributed by atoms with Crippen LogP contribution in [0.25, 0.3) is 0 Å². The third kappa shape index (κ3) is 5.68. The van der Waals surface area contributed by atoms with E-state index in [0.29, 0.717) is 24.1 Å². The van der Waals surface area contributed by atoms with Crippen molar-refractivity contribution in [2.75, 3.05) is 20.1 Å². The second kappa shape index (κ2) is 8.77. The number of benzene rings is 2. The van der Waals surface area contributed by atoms with E-state index in [1.54, 1.807) is 19.1 Å². The summed E-state index contributed by atoms with van der Waals surface area (Å²) >= 11 is 0. The van der Waals surface area contributed by atoms with Crippen LogP contribution in [0.1, 0.15) is 23.1 Å². The second-order valence-corrected chi connectivity index (χ2v) is 7.80. The molecule has 0 aliphatic heterocycles. The fourth-order valence-electron chi connectivity index (χ4n) is 2.57. The van der Waals surface area contributed by atoms with Gasteiger partial charge in [-0.1, -0.05) is 36.4 Å². The molecule has 132 valence electrons. The summed E-state index contributed by atoms with van der Waals surface area (Å²) in [7, 11) is -1.58. The lowest BCUT2D eigenvalue weighted by Crippen LogP contribution is -2.28. The average Bonchev–Trinajstić information content (AvgIpc) is 2.60. The fraction of sp³-hybridized carbons (Fsp3) is 0.316. The Morgan fingerprint density at radius 3 is 2.56 bits per heavy atom. The molecule has 0 saturated heterocycles. The van der Waals surface area contributed by atoms with E-state index in [9.17, 15) is 8.42 Å². The molecule has 0 unspecified atom stereocenters. The van der Waals surface area contributed by atoms with E-state index in [-0.39, 0.29) is 4.90 Å². The van der Waals surface area contributed by atoms with Gasteiger partial charge in [0.15, 0.2) is 0 Å². The van der Waals surface area contributed by atoms with Crippen LogP contribution in [0, 0.1) is 18.3 Å². The minimum atomic E-state index is -3.60. The minimum Gasteiger partial charge on any atom is -0.302 e. The van der Waals surface area contributed by atoms with Crippen molar-refractivity contribution in [2.24, 2.45) is 0 Å². The van der Waals surface area contributed by atoms with Crippen LogP contribution in [0.5, 0.6) is 0 Å². The van der Waals surface area contributed by atoms with Crippen LogP contribution in [0.4, 0.5) is 0 Å². The van der Waals surface area contributed by atoms with Crippen molar-refractivity contribution in [3.8, 4) is 6.07 Å². The lowest BCUT2D eigenvalue weighted by atomic mass is 10.2. The van der Waals surface area contributed by atoms with E-state index in [2.05, 4.69) is 21.8 Å². The highest BCUT2D eigenvalue weighted by molar-refractivity contribution is 7.89. The summed E-state index contributed by atoms with van der Waals surface area (Å²) in [6.07, 6.45) is 0.708. The quantitative estimate of drug-likeness (QED) is 0.737. The van der Waals surface area contributed by atoms with E-state index in [1.165, 1.54) is 11.6 Å². The highest BCUT2D eigenvalue weighted by atomic mass is 32.2. The molecule has 0 aliphatic carbocycles. The van der Waals surface area contributed by atoms with E-state index >= 15 is 0 Å². The van der Waals surface area contributed by atoms with E-state index < -0.39 is 10.0 Å². The van der Waals surface area contributed by atoms with Crippen molar-refractivity contribution in [1.29, 1.82) is 5.26 Å². The van der Waals surface area contributed by atoms with Crippen LogP contribution in [-0.2, 0) is 16.6 Å². The SMILES string of the molecule is Cc1ccc(C#N)cc1S(=O)(=O)NCCCN(C)Cc1ccccc1. The first-order valence-electron chi connectivity index (χ1n) is 8.15. The van der Waals surface area contributed by atoms with Gasteiger partial charge in [-0.2, -0.15) is 5.26 Å². The monoisotopic (exact) mass is 357 g/mol. The van der Waals surface area contributed by atoms with Crippen LogP contribution in [0.2, 0.25) is 0 Å². The predicted octanol–water partition coefficient (Wildman–Crippen LogP) is 2.67. The van der Waals surface area contributed by atoms with Gasteiger partial charge in [-0.15, -0.1) is 0 Å². The highest BCUT2D eigenvalue weighted by Gasteiger charge is 2.16. The molecule has 0 radical (unpaired) electrons. The molecule has 0 bridgehead atoms. The third-order valence-electron chi connectivity index (χ3n) is 3.91. The molecule has 0 atom stereocenters. The zero-order valence-corrected chi connectivity index (χ0v) is 15.4. The van der Waals surface area contributed by atoms with Gasteiger partial charge in [0.25, 0.3) is 0 Å². The molecule has 2 aromatic carbocycles. The number of rotatable bonds is 8. The first-order chi connectivity index (χ1) is 11.9. The van der Waals surface area contributed by atoms with Gasteiger partial charge >= 0.3 is 0 Å². The number of nitrogens with zero attached hydrogens (tertiary/aromatic N) is 2. The minimum absolute atomic E-state index is 0.171. The topological polar surface area (TPSA) is 73.2 Å². The first kappa shape index (κ1) is 19.1.